The van der Waals surface area contributed by atoms with E-state index in [4.69, 9.17) is 11.5 Å². The number of anilines is 1. The summed E-state index contributed by atoms with van der Waals surface area (Å²) in [5.74, 6) is 0.177. The van der Waals surface area contributed by atoms with Crippen LogP contribution in [0.4, 0.5) is 10.1 Å². The molecule has 1 aliphatic heterocycles. The topological polar surface area (TPSA) is 89.3 Å². The van der Waals surface area contributed by atoms with Crippen molar-refractivity contribution in [3.8, 4) is 0 Å². The van der Waals surface area contributed by atoms with Crippen molar-refractivity contribution in [1.82, 2.24) is 9.88 Å². The Bertz CT molecular complexity index is 937. The minimum Gasteiger partial charge on any atom is -0.369 e. The number of nitrogens with two attached hydrogens (primary N) is 2. The average Bonchev–Trinajstić information content (AvgIpc) is 3.40. The summed E-state index contributed by atoms with van der Waals surface area (Å²) in [4.78, 5) is 15.0. The molecule has 1 unspecified atom stereocenters. The molecular weight excluding hydrogens is 357 g/mol. The number of nitrogens with zero attached hydrogens (tertiary/aromatic N) is 2. The highest BCUT2D eigenvalue weighted by Gasteiger charge is 2.31. The highest BCUT2D eigenvalue weighted by Crippen LogP contribution is 2.40. The van der Waals surface area contributed by atoms with E-state index < -0.39 is 0 Å². The van der Waals surface area contributed by atoms with E-state index >= 15 is 4.39 Å². The van der Waals surface area contributed by atoms with E-state index in [0.717, 1.165) is 54.4 Å². The Morgan fingerprint density at radius 1 is 1.25 bits per heavy atom. The summed E-state index contributed by atoms with van der Waals surface area (Å²) >= 11 is 0. The second-order valence-corrected chi connectivity index (χ2v) is 8.14. The van der Waals surface area contributed by atoms with Crippen molar-refractivity contribution >= 4 is 16.6 Å². The van der Waals surface area contributed by atoms with Crippen molar-refractivity contribution in [2.75, 3.05) is 37.6 Å². The van der Waals surface area contributed by atoms with Crippen molar-refractivity contribution in [2.24, 2.45) is 17.4 Å². The van der Waals surface area contributed by atoms with Gasteiger partial charge >= 0.3 is 0 Å². The number of aromatic nitrogens is 1. The van der Waals surface area contributed by atoms with Crippen molar-refractivity contribution in [1.29, 1.82) is 0 Å². The Labute approximate surface area is 164 Å². The molecule has 1 saturated carbocycles. The molecule has 1 aromatic carbocycles. The second kappa shape index (κ2) is 7.81. The molecule has 152 valence electrons. The summed E-state index contributed by atoms with van der Waals surface area (Å²) in [7, 11) is 0. The highest BCUT2D eigenvalue weighted by atomic mass is 19.1. The van der Waals surface area contributed by atoms with Crippen LogP contribution in [-0.4, -0.2) is 37.3 Å². The Kier molecular flexibility index (Phi) is 5.40. The van der Waals surface area contributed by atoms with Crippen LogP contribution >= 0.6 is 0 Å². The normalized spacial score (nSPS) is 19.7. The predicted molar refractivity (Wildman–Crippen MR) is 111 cm³/mol. The van der Waals surface area contributed by atoms with Gasteiger partial charge in [0.05, 0.1) is 11.2 Å². The van der Waals surface area contributed by atoms with Crippen LogP contribution in [0.1, 0.15) is 36.4 Å². The first-order valence-corrected chi connectivity index (χ1v) is 10.3. The standard InChI is InChI=1S/C21H30FN5O/c1-13-20-17(9-18(22)21(13)26-7-4-14(10-24)12-26)15(11-25-6-5-23)8-19(28)27(20)16-2-3-16/h8-9,14,16,25H,2-7,10-12,23-24H2,1H3. The Hall–Kier alpha value is -1.96. The zero-order valence-corrected chi connectivity index (χ0v) is 16.5. The largest absolute Gasteiger partial charge is 0.369 e. The van der Waals surface area contributed by atoms with Gasteiger partial charge in [-0.1, -0.05) is 0 Å². The molecule has 1 aromatic heterocycles. The molecular formula is C21H30FN5O. The van der Waals surface area contributed by atoms with E-state index in [1.807, 2.05) is 11.5 Å². The van der Waals surface area contributed by atoms with Gasteiger partial charge in [0, 0.05) is 50.2 Å². The lowest BCUT2D eigenvalue weighted by Gasteiger charge is -2.25. The molecule has 6 nitrogen and oxygen atoms in total. The van der Waals surface area contributed by atoms with Gasteiger partial charge in [-0.15, -0.1) is 0 Å². The van der Waals surface area contributed by atoms with Crippen LogP contribution in [0.5, 0.6) is 0 Å². The minimum absolute atomic E-state index is 0.00135. The molecule has 2 heterocycles. The first-order valence-electron chi connectivity index (χ1n) is 10.3. The van der Waals surface area contributed by atoms with Crippen LogP contribution in [0.25, 0.3) is 10.9 Å². The fourth-order valence-electron chi connectivity index (χ4n) is 4.50. The zero-order chi connectivity index (χ0) is 19.8. The minimum atomic E-state index is -0.219. The number of benzene rings is 1. The lowest BCUT2D eigenvalue weighted by molar-refractivity contribution is 0.597. The van der Waals surface area contributed by atoms with Crippen LogP contribution in [0.3, 0.4) is 0 Å². The number of halogens is 1. The Morgan fingerprint density at radius 3 is 2.68 bits per heavy atom. The zero-order valence-electron chi connectivity index (χ0n) is 16.5. The lowest BCUT2D eigenvalue weighted by atomic mass is 10.0. The molecule has 2 aromatic rings. The molecule has 1 aliphatic carbocycles. The summed E-state index contributed by atoms with van der Waals surface area (Å²) < 4.78 is 17.2. The third-order valence-corrected chi connectivity index (χ3v) is 6.07. The number of hydrogen-bond acceptors (Lipinski definition) is 5. The van der Waals surface area contributed by atoms with Crippen molar-refractivity contribution < 1.29 is 4.39 Å². The molecule has 0 amide bonds. The van der Waals surface area contributed by atoms with Gasteiger partial charge in [-0.2, -0.15) is 0 Å². The van der Waals surface area contributed by atoms with E-state index in [-0.39, 0.29) is 17.4 Å². The summed E-state index contributed by atoms with van der Waals surface area (Å²) in [6.07, 6.45) is 2.99. The molecule has 0 spiro atoms. The molecule has 7 heteroatoms. The number of hydrogen-bond donors (Lipinski definition) is 3. The van der Waals surface area contributed by atoms with Crippen molar-refractivity contribution in [3.05, 3.63) is 39.4 Å². The number of aryl methyl sites for hydroxylation is 1. The van der Waals surface area contributed by atoms with Crippen molar-refractivity contribution in [2.45, 2.75) is 38.8 Å². The monoisotopic (exact) mass is 387 g/mol. The smallest absolute Gasteiger partial charge is 0.251 e. The van der Waals surface area contributed by atoms with E-state index in [0.29, 0.717) is 37.8 Å². The Morgan fingerprint density at radius 2 is 2.04 bits per heavy atom. The van der Waals surface area contributed by atoms with Crippen LogP contribution in [0, 0.1) is 18.7 Å². The maximum absolute atomic E-state index is 15.3. The van der Waals surface area contributed by atoms with Crippen LogP contribution in [0.15, 0.2) is 16.9 Å². The molecule has 2 aliphatic rings. The van der Waals surface area contributed by atoms with E-state index in [9.17, 15) is 4.79 Å². The summed E-state index contributed by atoms with van der Waals surface area (Å²) in [6.45, 7) is 5.82. The number of nitrogens with one attached hydrogen (secondary N) is 1. The molecule has 4 rings (SSSR count). The van der Waals surface area contributed by atoms with Crippen LogP contribution < -0.4 is 27.2 Å². The maximum atomic E-state index is 15.3. The fraction of sp³-hybridized carbons (Fsp3) is 0.571. The van der Waals surface area contributed by atoms with E-state index in [2.05, 4.69) is 10.2 Å². The number of pyridine rings is 1. The fourth-order valence-corrected chi connectivity index (χ4v) is 4.50. The van der Waals surface area contributed by atoms with Gasteiger partial charge in [-0.3, -0.25) is 4.79 Å². The molecule has 0 radical (unpaired) electrons. The third-order valence-electron chi connectivity index (χ3n) is 6.07. The van der Waals surface area contributed by atoms with E-state index in [1.165, 1.54) is 0 Å². The molecule has 5 N–H and O–H groups in total. The van der Waals surface area contributed by atoms with Crippen molar-refractivity contribution in [3.63, 3.8) is 0 Å². The van der Waals surface area contributed by atoms with E-state index in [1.54, 1.807) is 12.1 Å². The summed E-state index contributed by atoms with van der Waals surface area (Å²) in [6, 6.07) is 3.50. The highest BCUT2D eigenvalue weighted by molar-refractivity contribution is 5.90. The number of rotatable bonds is 7. The van der Waals surface area contributed by atoms with Gasteiger partial charge in [-0.05, 0) is 55.8 Å². The maximum Gasteiger partial charge on any atom is 0.251 e. The van der Waals surface area contributed by atoms with Gasteiger partial charge in [0.2, 0.25) is 0 Å². The molecule has 0 bridgehead atoms. The molecule has 1 atom stereocenters. The second-order valence-electron chi connectivity index (χ2n) is 8.14. The van der Waals surface area contributed by atoms with Gasteiger partial charge in [0.25, 0.3) is 5.56 Å². The number of fused-ring (bicyclic) bond motifs is 1. The van der Waals surface area contributed by atoms with Gasteiger partial charge in [0.1, 0.15) is 5.82 Å². The quantitative estimate of drug-likeness (QED) is 0.628. The van der Waals surface area contributed by atoms with Gasteiger partial charge in [0.15, 0.2) is 0 Å². The van der Waals surface area contributed by atoms with Gasteiger partial charge < -0.3 is 26.3 Å². The van der Waals surface area contributed by atoms with Crippen LogP contribution in [-0.2, 0) is 6.54 Å². The molecule has 28 heavy (non-hydrogen) atoms. The molecule has 1 saturated heterocycles. The summed E-state index contributed by atoms with van der Waals surface area (Å²) in [5, 5.41) is 4.06. The predicted octanol–water partition coefficient (Wildman–Crippen LogP) is 1.62. The first-order chi connectivity index (χ1) is 13.5. The average molecular weight is 388 g/mol. The van der Waals surface area contributed by atoms with Gasteiger partial charge in [-0.25, -0.2) is 4.39 Å². The van der Waals surface area contributed by atoms with Crippen LogP contribution in [0.2, 0.25) is 0 Å². The first kappa shape index (κ1) is 19.4. The SMILES string of the molecule is Cc1c(N2CCC(CN)C2)c(F)cc2c(CNCCN)cc(=O)n(C3CC3)c12. The Balaban J connectivity index is 1.87. The summed E-state index contributed by atoms with van der Waals surface area (Å²) in [5.41, 5.74) is 14.6. The lowest BCUT2D eigenvalue weighted by Crippen LogP contribution is -2.27. The third kappa shape index (κ3) is 3.43. The molecule has 2 fully saturated rings.